The van der Waals surface area contributed by atoms with E-state index in [9.17, 15) is 14.7 Å². The maximum absolute atomic E-state index is 12.5. The Morgan fingerprint density at radius 2 is 1.58 bits per heavy atom. The molecular weight excluding hydrogens is 304 g/mol. The Hall–Kier alpha value is -2.62. The van der Waals surface area contributed by atoms with Gasteiger partial charge in [0.2, 0.25) is 0 Å². The normalized spacial score (nSPS) is 11.7. The molecule has 0 bridgehead atoms. The van der Waals surface area contributed by atoms with E-state index in [0.29, 0.717) is 0 Å². The van der Waals surface area contributed by atoms with Gasteiger partial charge in [-0.3, -0.25) is 0 Å². The molecule has 0 aliphatic heterocycles. The average molecular weight is 326 g/mol. The fraction of sp³-hybridized carbons (Fsp3) is 0.300. The Kier molecular flexibility index (Phi) is 6.55. The zero-order valence-corrected chi connectivity index (χ0v) is 13.8. The summed E-state index contributed by atoms with van der Waals surface area (Å²) in [5.74, 6) is -1.73. The summed E-state index contributed by atoms with van der Waals surface area (Å²) >= 11 is 0. The third kappa shape index (κ3) is 4.69. The van der Waals surface area contributed by atoms with Gasteiger partial charge >= 0.3 is 11.9 Å². The van der Waals surface area contributed by atoms with Crippen molar-refractivity contribution in [1.29, 1.82) is 0 Å². The first-order valence-electron chi connectivity index (χ1n) is 8.21. The first-order valence-corrected chi connectivity index (χ1v) is 8.21. The van der Waals surface area contributed by atoms with Gasteiger partial charge in [-0.1, -0.05) is 62.2 Å². The fourth-order valence-electron chi connectivity index (χ4n) is 2.58. The highest BCUT2D eigenvalue weighted by Gasteiger charge is 2.21. The Labute approximate surface area is 142 Å². The Balaban J connectivity index is 2.20. The number of aromatic carboxylic acids is 1. The van der Waals surface area contributed by atoms with E-state index in [2.05, 4.69) is 6.92 Å². The molecule has 1 unspecified atom stereocenters. The maximum Gasteiger partial charge on any atom is 0.339 e. The summed E-state index contributed by atoms with van der Waals surface area (Å²) in [6.45, 7) is 2.12. The second kappa shape index (κ2) is 8.87. The summed E-state index contributed by atoms with van der Waals surface area (Å²) < 4.78 is 5.66. The van der Waals surface area contributed by atoms with E-state index in [-0.39, 0.29) is 17.2 Å². The lowest BCUT2D eigenvalue weighted by atomic mass is 10.0. The lowest BCUT2D eigenvalue weighted by molar-refractivity contribution is 0.0265. The first kappa shape index (κ1) is 17.7. The second-order valence-electron chi connectivity index (χ2n) is 5.65. The molecule has 1 atom stereocenters. The Bertz CT molecular complexity index is 679. The number of benzene rings is 2. The van der Waals surface area contributed by atoms with Gasteiger partial charge in [0.05, 0.1) is 11.1 Å². The van der Waals surface area contributed by atoms with E-state index in [1.165, 1.54) is 12.1 Å². The standard InChI is InChI=1S/C20H22O4/c1-2-3-5-14-18(15-10-6-4-7-11-15)24-20(23)17-13-9-8-12-16(17)19(21)22/h4,6-13,18H,2-3,5,14H2,1H3,(H,21,22). The molecule has 0 radical (unpaired) electrons. The number of hydrogen-bond acceptors (Lipinski definition) is 3. The van der Waals surface area contributed by atoms with Crippen molar-refractivity contribution in [3.8, 4) is 0 Å². The lowest BCUT2D eigenvalue weighted by Crippen LogP contribution is -2.15. The number of carbonyl (C=O) groups excluding carboxylic acids is 1. The molecule has 0 aliphatic rings. The van der Waals surface area contributed by atoms with Crippen LogP contribution in [0.4, 0.5) is 0 Å². The lowest BCUT2D eigenvalue weighted by Gasteiger charge is -2.19. The quantitative estimate of drug-likeness (QED) is 0.555. The molecule has 1 N–H and O–H groups in total. The molecule has 4 nitrogen and oxygen atoms in total. The smallest absolute Gasteiger partial charge is 0.339 e. The van der Waals surface area contributed by atoms with E-state index in [1.807, 2.05) is 30.3 Å². The first-order chi connectivity index (χ1) is 11.6. The summed E-state index contributed by atoms with van der Waals surface area (Å²) in [5, 5.41) is 9.23. The molecule has 0 saturated heterocycles. The van der Waals surface area contributed by atoms with Crippen LogP contribution in [-0.4, -0.2) is 17.0 Å². The largest absolute Gasteiger partial charge is 0.478 e. The highest BCUT2D eigenvalue weighted by atomic mass is 16.5. The third-order valence-corrected chi connectivity index (χ3v) is 3.87. The molecule has 24 heavy (non-hydrogen) atoms. The van der Waals surface area contributed by atoms with Crippen LogP contribution in [0.2, 0.25) is 0 Å². The second-order valence-corrected chi connectivity index (χ2v) is 5.65. The predicted octanol–water partition coefficient (Wildman–Crippen LogP) is 4.86. The minimum Gasteiger partial charge on any atom is -0.478 e. The van der Waals surface area contributed by atoms with Crippen LogP contribution < -0.4 is 0 Å². The maximum atomic E-state index is 12.5. The average Bonchev–Trinajstić information content (AvgIpc) is 2.61. The topological polar surface area (TPSA) is 63.6 Å². The fourth-order valence-corrected chi connectivity index (χ4v) is 2.58. The molecule has 126 valence electrons. The summed E-state index contributed by atoms with van der Waals surface area (Å²) in [6, 6.07) is 15.7. The molecular formula is C20H22O4. The molecule has 4 heteroatoms. The zero-order valence-electron chi connectivity index (χ0n) is 13.8. The molecule has 0 amide bonds. The van der Waals surface area contributed by atoms with Crippen molar-refractivity contribution >= 4 is 11.9 Å². The predicted molar refractivity (Wildman–Crippen MR) is 92.1 cm³/mol. The zero-order chi connectivity index (χ0) is 17.4. The molecule has 2 aromatic carbocycles. The van der Waals surface area contributed by atoms with Gasteiger partial charge in [-0.05, 0) is 30.5 Å². The number of carboxylic acid groups (broad SMARTS) is 1. The third-order valence-electron chi connectivity index (χ3n) is 3.87. The van der Waals surface area contributed by atoms with Crippen LogP contribution in [0.15, 0.2) is 54.6 Å². The van der Waals surface area contributed by atoms with Crippen molar-refractivity contribution in [2.75, 3.05) is 0 Å². The van der Waals surface area contributed by atoms with Crippen molar-refractivity contribution in [3.63, 3.8) is 0 Å². The van der Waals surface area contributed by atoms with Crippen LogP contribution in [0, 0.1) is 0 Å². The van der Waals surface area contributed by atoms with Gasteiger partial charge in [0.15, 0.2) is 0 Å². The Morgan fingerprint density at radius 1 is 0.958 bits per heavy atom. The van der Waals surface area contributed by atoms with Crippen LogP contribution >= 0.6 is 0 Å². The van der Waals surface area contributed by atoms with Crippen molar-refractivity contribution in [2.24, 2.45) is 0 Å². The molecule has 0 spiro atoms. The van der Waals surface area contributed by atoms with Crippen molar-refractivity contribution in [1.82, 2.24) is 0 Å². The summed E-state index contributed by atoms with van der Waals surface area (Å²) in [4.78, 5) is 23.8. The van der Waals surface area contributed by atoms with Crippen LogP contribution in [0.3, 0.4) is 0 Å². The molecule has 0 saturated carbocycles. The van der Waals surface area contributed by atoms with E-state index in [0.717, 1.165) is 31.2 Å². The number of rotatable bonds is 8. The van der Waals surface area contributed by atoms with Gasteiger partial charge in [-0.15, -0.1) is 0 Å². The molecule has 0 aromatic heterocycles. The van der Waals surface area contributed by atoms with Crippen LogP contribution in [-0.2, 0) is 4.74 Å². The van der Waals surface area contributed by atoms with Gasteiger partial charge in [-0.2, -0.15) is 0 Å². The molecule has 2 rings (SSSR count). The number of hydrogen-bond donors (Lipinski definition) is 1. The highest BCUT2D eigenvalue weighted by Crippen LogP contribution is 2.26. The van der Waals surface area contributed by atoms with Crippen molar-refractivity contribution in [3.05, 3.63) is 71.3 Å². The minimum absolute atomic E-state index is 0.0390. The van der Waals surface area contributed by atoms with Gasteiger partial charge in [0.25, 0.3) is 0 Å². The van der Waals surface area contributed by atoms with Crippen LogP contribution in [0.25, 0.3) is 0 Å². The van der Waals surface area contributed by atoms with E-state index in [1.54, 1.807) is 12.1 Å². The SMILES string of the molecule is CCCCCC(OC(=O)c1ccccc1C(=O)O)c1ccccc1. The number of unbranched alkanes of at least 4 members (excludes halogenated alkanes) is 2. The number of carbonyl (C=O) groups is 2. The summed E-state index contributed by atoms with van der Waals surface area (Å²) in [7, 11) is 0. The van der Waals surface area contributed by atoms with E-state index >= 15 is 0 Å². The number of esters is 1. The monoisotopic (exact) mass is 326 g/mol. The molecule has 0 fully saturated rings. The van der Waals surface area contributed by atoms with Crippen molar-refractivity contribution < 1.29 is 19.4 Å². The Morgan fingerprint density at radius 3 is 2.21 bits per heavy atom. The van der Waals surface area contributed by atoms with Crippen molar-refractivity contribution in [2.45, 2.75) is 38.7 Å². The van der Waals surface area contributed by atoms with Crippen LogP contribution in [0.5, 0.6) is 0 Å². The number of carboxylic acids is 1. The van der Waals surface area contributed by atoms with Crippen LogP contribution in [0.1, 0.15) is 65.0 Å². The number of ether oxygens (including phenoxy) is 1. The van der Waals surface area contributed by atoms with E-state index < -0.39 is 11.9 Å². The molecule has 0 heterocycles. The van der Waals surface area contributed by atoms with E-state index in [4.69, 9.17) is 4.74 Å². The molecule has 2 aromatic rings. The van der Waals surface area contributed by atoms with Gasteiger partial charge in [0, 0.05) is 0 Å². The van der Waals surface area contributed by atoms with Gasteiger partial charge in [-0.25, -0.2) is 9.59 Å². The van der Waals surface area contributed by atoms with Gasteiger partial charge < -0.3 is 9.84 Å². The summed E-state index contributed by atoms with van der Waals surface area (Å²) in [5.41, 5.74) is 0.971. The summed E-state index contributed by atoms with van der Waals surface area (Å²) in [6.07, 6.45) is 3.44. The highest BCUT2D eigenvalue weighted by molar-refractivity contribution is 6.02. The van der Waals surface area contributed by atoms with Gasteiger partial charge in [0.1, 0.15) is 6.10 Å². The minimum atomic E-state index is -1.13. The molecule has 0 aliphatic carbocycles.